The van der Waals surface area contributed by atoms with Gasteiger partial charge in [0.15, 0.2) is 17.5 Å². The van der Waals surface area contributed by atoms with Gasteiger partial charge in [0, 0.05) is 58.7 Å². The Balaban J connectivity index is 0.976. The van der Waals surface area contributed by atoms with E-state index in [1.807, 2.05) is 29.5 Å². The van der Waals surface area contributed by atoms with E-state index in [4.69, 9.17) is 15.0 Å². The van der Waals surface area contributed by atoms with Gasteiger partial charge >= 0.3 is 0 Å². The van der Waals surface area contributed by atoms with Crippen molar-refractivity contribution >= 4 is 64.1 Å². The average molecular weight is 823 g/mol. The predicted molar refractivity (Wildman–Crippen MR) is 264 cm³/mol. The Morgan fingerprint density at radius 2 is 1.11 bits per heavy atom. The summed E-state index contributed by atoms with van der Waals surface area (Å²) in [6, 6.07) is 69.9. The molecule has 0 bridgehead atoms. The number of nitrogens with zero attached hydrogens (tertiary/aromatic N) is 4. The van der Waals surface area contributed by atoms with E-state index in [1.54, 1.807) is 0 Å². The van der Waals surface area contributed by atoms with Gasteiger partial charge in [0.25, 0.3) is 0 Å². The van der Waals surface area contributed by atoms with Gasteiger partial charge in [-0.3, -0.25) is 0 Å². The van der Waals surface area contributed by atoms with Crippen LogP contribution in [0.5, 0.6) is 0 Å². The molecular formula is C58H38N4S. The Bertz CT molecular complexity index is 3820. The molecule has 1 aliphatic carbocycles. The number of benzene rings is 9. The number of aromatic nitrogens is 4. The third-order valence-electron chi connectivity index (χ3n) is 13.3. The first-order chi connectivity index (χ1) is 31.0. The maximum absolute atomic E-state index is 5.36. The van der Waals surface area contributed by atoms with Crippen LogP contribution in [-0.4, -0.2) is 19.5 Å². The molecule has 12 aromatic rings. The van der Waals surface area contributed by atoms with Crippen LogP contribution in [0.2, 0.25) is 0 Å². The lowest BCUT2D eigenvalue weighted by molar-refractivity contribution is 0.660. The maximum atomic E-state index is 5.36. The van der Waals surface area contributed by atoms with Crippen molar-refractivity contribution in [2.75, 3.05) is 0 Å². The summed E-state index contributed by atoms with van der Waals surface area (Å²) in [5.74, 6) is 1.95. The van der Waals surface area contributed by atoms with Crippen molar-refractivity contribution in [1.82, 2.24) is 19.5 Å². The molecule has 0 N–H and O–H groups in total. The zero-order chi connectivity index (χ0) is 41.8. The first kappa shape index (κ1) is 36.0. The molecule has 0 atom stereocenters. The molecule has 0 fully saturated rings. The molecule has 296 valence electrons. The van der Waals surface area contributed by atoms with Crippen LogP contribution in [0.1, 0.15) is 25.0 Å². The topological polar surface area (TPSA) is 43.6 Å². The molecule has 0 radical (unpaired) electrons. The van der Waals surface area contributed by atoms with Crippen LogP contribution in [0.3, 0.4) is 0 Å². The summed E-state index contributed by atoms with van der Waals surface area (Å²) in [6.07, 6.45) is 0. The van der Waals surface area contributed by atoms with Gasteiger partial charge in [0.1, 0.15) is 0 Å². The first-order valence-corrected chi connectivity index (χ1v) is 22.3. The third kappa shape index (κ3) is 5.43. The number of rotatable bonds is 5. The van der Waals surface area contributed by atoms with Gasteiger partial charge in [-0.05, 0) is 86.6 Å². The fourth-order valence-corrected chi connectivity index (χ4v) is 11.5. The van der Waals surface area contributed by atoms with Gasteiger partial charge in [0.05, 0.1) is 11.0 Å². The van der Waals surface area contributed by atoms with Gasteiger partial charge in [-0.1, -0.05) is 166 Å². The molecule has 63 heavy (non-hydrogen) atoms. The van der Waals surface area contributed by atoms with Gasteiger partial charge in [-0.15, -0.1) is 11.3 Å². The van der Waals surface area contributed by atoms with Crippen molar-refractivity contribution in [2.24, 2.45) is 0 Å². The fraction of sp³-hybridized carbons (Fsp3) is 0.0517. The second-order valence-electron chi connectivity index (χ2n) is 17.1. The molecule has 0 saturated carbocycles. The highest BCUT2D eigenvalue weighted by atomic mass is 32.1. The van der Waals surface area contributed by atoms with E-state index in [9.17, 15) is 0 Å². The number of thiophene rings is 1. The van der Waals surface area contributed by atoms with E-state index < -0.39 is 0 Å². The summed E-state index contributed by atoms with van der Waals surface area (Å²) in [5.41, 5.74) is 13.6. The Labute approximate surface area is 368 Å². The zero-order valence-corrected chi connectivity index (χ0v) is 35.5. The van der Waals surface area contributed by atoms with Crippen LogP contribution in [0.4, 0.5) is 0 Å². The van der Waals surface area contributed by atoms with Crippen LogP contribution < -0.4 is 0 Å². The Morgan fingerprint density at radius 3 is 1.97 bits per heavy atom. The number of para-hydroxylation sites is 2. The molecule has 3 heterocycles. The Morgan fingerprint density at radius 1 is 0.429 bits per heavy atom. The van der Waals surface area contributed by atoms with Gasteiger partial charge in [-0.25, -0.2) is 15.0 Å². The third-order valence-corrected chi connectivity index (χ3v) is 14.5. The van der Waals surface area contributed by atoms with Crippen LogP contribution in [0, 0.1) is 0 Å². The molecule has 0 amide bonds. The summed E-state index contributed by atoms with van der Waals surface area (Å²) in [6.45, 7) is 4.70. The van der Waals surface area contributed by atoms with E-state index in [-0.39, 0.29) is 5.41 Å². The Hall–Kier alpha value is -7.73. The van der Waals surface area contributed by atoms with Crippen molar-refractivity contribution < 1.29 is 0 Å². The number of fused-ring (bicyclic) bond motifs is 11. The van der Waals surface area contributed by atoms with Gasteiger partial charge in [0.2, 0.25) is 0 Å². The molecule has 0 saturated heterocycles. The molecule has 0 unspecified atom stereocenters. The molecule has 4 nitrogen and oxygen atoms in total. The molecule has 5 heteroatoms. The minimum atomic E-state index is -0.252. The molecule has 0 spiro atoms. The van der Waals surface area contributed by atoms with Crippen LogP contribution in [-0.2, 0) is 5.41 Å². The predicted octanol–water partition coefficient (Wildman–Crippen LogP) is 15.5. The lowest BCUT2D eigenvalue weighted by Gasteiger charge is -2.22. The first-order valence-electron chi connectivity index (χ1n) is 21.5. The second kappa shape index (κ2) is 13.6. The summed E-state index contributed by atoms with van der Waals surface area (Å²) < 4.78 is 5.00. The Kier molecular flexibility index (Phi) is 7.79. The molecule has 9 aromatic carbocycles. The minimum absolute atomic E-state index is 0.252. The highest BCUT2D eigenvalue weighted by Crippen LogP contribution is 2.53. The summed E-state index contributed by atoms with van der Waals surface area (Å²) >= 11 is 1.89. The molecular weight excluding hydrogens is 785 g/mol. The smallest absolute Gasteiger partial charge is 0.164 e. The monoisotopic (exact) mass is 822 g/mol. The highest BCUT2D eigenvalue weighted by molar-refractivity contribution is 7.26. The number of hydrogen-bond donors (Lipinski definition) is 0. The lowest BCUT2D eigenvalue weighted by atomic mass is 9.81. The van der Waals surface area contributed by atoms with E-state index >= 15 is 0 Å². The quantitative estimate of drug-likeness (QED) is 0.174. The fourth-order valence-electron chi connectivity index (χ4n) is 10.2. The maximum Gasteiger partial charge on any atom is 0.164 e. The molecule has 3 aromatic heterocycles. The van der Waals surface area contributed by atoms with E-state index in [0.29, 0.717) is 17.5 Å². The molecule has 1 aliphatic rings. The number of hydrogen-bond acceptors (Lipinski definition) is 4. The molecule has 13 rings (SSSR count). The molecule has 0 aliphatic heterocycles. The average Bonchev–Trinajstić information content (AvgIpc) is 3.97. The summed E-state index contributed by atoms with van der Waals surface area (Å²) in [5, 5.41) is 7.50. The standard InChI is InChI=1S/C58H38N4S/c1-58(2)47-24-13-22-40(37-29-32-51-46(33-37)42-30-27-35-15-9-10-20-41(35)54(42)63-51)52(47)43-31-28-38(34-48(43)58)56-59-55(36-16-5-3-6-17-36)60-57(61-56)45-23-14-26-50-53(45)44-21-11-12-25-49(44)62(50)39-18-7-4-8-19-39/h3-34H,1-2H3. The second-order valence-corrected chi connectivity index (χ2v) is 18.2. The van der Waals surface area contributed by atoms with Crippen molar-refractivity contribution in [3.63, 3.8) is 0 Å². The van der Waals surface area contributed by atoms with Crippen molar-refractivity contribution in [3.8, 4) is 62.1 Å². The largest absolute Gasteiger partial charge is 0.309 e. The van der Waals surface area contributed by atoms with Gasteiger partial charge < -0.3 is 4.57 Å². The van der Waals surface area contributed by atoms with E-state index in [1.165, 1.54) is 64.3 Å². The normalized spacial score (nSPS) is 13.0. The van der Waals surface area contributed by atoms with E-state index in [0.717, 1.165) is 44.2 Å². The zero-order valence-electron chi connectivity index (χ0n) is 34.7. The highest BCUT2D eigenvalue weighted by Gasteiger charge is 2.37. The van der Waals surface area contributed by atoms with Gasteiger partial charge in [-0.2, -0.15) is 0 Å². The lowest BCUT2D eigenvalue weighted by Crippen LogP contribution is -2.15. The van der Waals surface area contributed by atoms with Crippen molar-refractivity contribution in [3.05, 3.63) is 205 Å². The van der Waals surface area contributed by atoms with Crippen LogP contribution in [0.15, 0.2) is 194 Å². The van der Waals surface area contributed by atoms with Crippen LogP contribution in [0.25, 0.3) is 115 Å². The minimum Gasteiger partial charge on any atom is -0.309 e. The van der Waals surface area contributed by atoms with Crippen LogP contribution >= 0.6 is 11.3 Å². The van der Waals surface area contributed by atoms with Crippen molar-refractivity contribution in [2.45, 2.75) is 19.3 Å². The summed E-state index contributed by atoms with van der Waals surface area (Å²) in [4.78, 5) is 15.8. The van der Waals surface area contributed by atoms with E-state index in [2.05, 4.69) is 194 Å². The van der Waals surface area contributed by atoms with Crippen molar-refractivity contribution in [1.29, 1.82) is 0 Å². The SMILES string of the molecule is CC1(C)c2cc(-c3nc(-c4ccccc4)nc(-c4cccc5c4c4ccccc4n5-c4ccccc4)n3)ccc2-c2c(-c3ccc4sc5c6ccccc6ccc5c4c3)cccc21. The summed E-state index contributed by atoms with van der Waals surface area (Å²) in [7, 11) is 0.